The molecule has 4 saturated carbocycles. The molecule has 0 aromatic rings. The normalized spacial score (nSPS) is 42.2. The highest BCUT2D eigenvalue weighted by molar-refractivity contribution is 5.11. The summed E-state index contributed by atoms with van der Waals surface area (Å²) in [5.74, 6) is 1.58. The van der Waals surface area contributed by atoms with Crippen LogP contribution in [0.4, 0.5) is 0 Å². The summed E-state index contributed by atoms with van der Waals surface area (Å²) in [5.41, 5.74) is 1.46. The van der Waals surface area contributed by atoms with Gasteiger partial charge in [0.15, 0.2) is 0 Å². The fourth-order valence-electron chi connectivity index (χ4n) is 6.10. The minimum absolute atomic E-state index is 0.328. The van der Waals surface area contributed by atoms with E-state index in [1.165, 1.54) is 37.7 Å². The van der Waals surface area contributed by atoms with E-state index in [1.54, 1.807) is 0 Å². The Hall–Kier alpha value is -0.340. The molecule has 4 atom stereocenters. The molecule has 2 heteroatoms. The first-order valence-corrected chi connectivity index (χ1v) is 9.42. The summed E-state index contributed by atoms with van der Waals surface area (Å²) < 4.78 is 0. The Kier molecular flexibility index (Phi) is 4.46. The lowest BCUT2D eigenvalue weighted by atomic mass is 9.46. The van der Waals surface area contributed by atoms with Crippen molar-refractivity contribution in [3.05, 3.63) is 11.6 Å². The Balaban J connectivity index is 1.60. The molecule has 4 rings (SSSR count). The molecule has 4 aliphatic rings. The predicted octanol–water partition coefficient (Wildman–Crippen LogP) is 4.43. The molecule has 4 aliphatic carbocycles. The van der Waals surface area contributed by atoms with E-state index in [1.807, 2.05) is 0 Å². The average molecular weight is 306 g/mol. The summed E-state index contributed by atoms with van der Waals surface area (Å²) in [4.78, 5) is 0. The van der Waals surface area contributed by atoms with Crippen molar-refractivity contribution in [2.45, 2.75) is 96.7 Å². The number of rotatable bonds is 6. The van der Waals surface area contributed by atoms with Crippen LogP contribution in [0.2, 0.25) is 0 Å². The highest BCUT2D eigenvalue weighted by atomic mass is 16.3. The van der Waals surface area contributed by atoms with Crippen molar-refractivity contribution in [2.24, 2.45) is 17.3 Å². The molecule has 126 valence electrons. The van der Waals surface area contributed by atoms with Crippen molar-refractivity contribution in [1.29, 1.82) is 0 Å². The second-order valence-electron chi connectivity index (χ2n) is 9.20. The van der Waals surface area contributed by atoms with Crippen LogP contribution in [-0.4, -0.2) is 22.8 Å². The fourth-order valence-corrected chi connectivity index (χ4v) is 6.10. The molecule has 0 saturated heterocycles. The standard InChI is InChI=1S/C20H35NO/c1-14(2)6-5-7-15(3)21-16(4)19-9-17-8-18(10-19)12-20(22,11-17)13-19/h6,15-18,21-22H,5,7-13H2,1-4H3/t15-,16+,17+,18+,19?,20?/m0/s1. The monoisotopic (exact) mass is 305 g/mol. The van der Waals surface area contributed by atoms with Crippen molar-refractivity contribution >= 4 is 0 Å². The second-order valence-corrected chi connectivity index (χ2v) is 9.20. The third kappa shape index (κ3) is 3.28. The van der Waals surface area contributed by atoms with Gasteiger partial charge in [-0.15, -0.1) is 0 Å². The first-order valence-electron chi connectivity index (χ1n) is 9.42. The van der Waals surface area contributed by atoms with Crippen LogP contribution >= 0.6 is 0 Å². The van der Waals surface area contributed by atoms with Crippen LogP contribution in [0.25, 0.3) is 0 Å². The van der Waals surface area contributed by atoms with Gasteiger partial charge in [0.25, 0.3) is 0 Å². The highest BCUT2D eigenvalue weighted by Gasteiger charge is 2.58. The van der Waals surface area contributed by atoms with Crippen LogP contribution in [0.3, 0.4) is 0 Å². The number of hydrogen-bond acceptors (Lipinski definition) is 2. The van der Waals surface area contributed by atoms with Gasteiger partial charge in [-0.25, -0.2) is 0 Å². The fraction of sp³-hybridized carbons (Fsp3) is 0.900. The molecule has 0 radical (unpaired) electrons. The maximum atomic E-state index is 10.9. The predicted molar refractivity (Wildman–Crippen MR) is 92.8 cm³/mol. The van der Waals surface area contributed by atoms with Crippen molar-refractivity contribution in [3.8, 4) is 0 Å². The summed E-state index contributed by atoms with van der Waals surface area (Å²) in [5, 5.41) is 14.8. The van der Waals surface area contributed by atoms with Gasteiger partial charge in [-0.1, -0.05) is 11.6 Å². The van der Waals surface area contributed by atoms with Gasteiger partial charge in [0.05, 0.1) is 5.60 Å². The number of hydrogen-bond donors (Lipinski definition) is 2. The van der Waals surface area contributed by atoms with Crippen LogP contribution in [0.5, 0.6) is 0 Å². The third-order valence-electron chi connectivity index (χ3n) is 6.68. The zero-order valence-corrected chi connectivity index (χ0v) is 15.0. The first-order chi connectivity index (χ1) is 10.3. The van der Waals surface area contributed by atoms with Gasteiger partial charge in [-0.2, -0.15) is 0 Å². The number of nitrogens with one attached hydrogen (secondary N) is 1. The van der Waals surface area contributed by atoms with E-state index in [2.05, 4.69) is 39.1 Å². The maximum absolute atomic E-state index is 10.9. The lowest BCUT2D eigenvalue weighted by Crippen LogP contribution is -2.61. The van der Waals surface area contributed by atoms with E-state index < -0.39 is 0 Å². The Morgan fingerprint density at radius 2 is 1.82 bits per heavy atom. The van der Waals surface area contributed by atoms with Crippen molar-refractivity contribution in [1.82, 2.24) is 5.32 Å². The Morgan fingerprint density at radius 1 is 1.18 bits per heavy atom. The van der Waals surface area contributed by atoms with Crippen molar-refractivity contribution in [3.63, 3.8) is 0 Å². The van der Waals surface area contributed by atoms with Gasteiger partial charge in [0.2, 0.25) is 0 Å². The molecule has 0 heterocycles. The summed E-state index contributed by atoms with van der Waals surface area (Å²) >= 11 is 0. The molecule has 0 unspecified atom stereocenters. The Morgan fingerprint density at radius 3 is 2.36 bits per heavy atom. The molecule has 2 nitrogen and oxygen atoms in total. The quantitative estimate of drug-likeness (QED) is 0.711. The minimum Gasteiger partial charge on any atom is -0.390 e. The van der Waals surface area contributed by atoms with E-state index in [9.17, 15) is 5.11 Å². The number of aliphatic hydroxyl groups is 1. The largest absolute Gasteiger partial charge is 0.390 e. The van der Waals surface area contributed by atoms with Crippen LogP contribution in [0, 0.1) is 17.3 Å². The Bertz CT molecular complexity index is 423. The lowest BCUT2D eigenvalue weighted by Gasteiger charge is -2.62. The van der Waals surface area contributed by atoms with Gasteiger partial charge in [-0.3, -0.25) is 0 Å². The van der Waals surface area contributed by atoms with Crippen molar-refractivity contribution < 1.29 is 5.11 Å². The summed E-state index contributed by atoms with van der Waals surface area (Å²) in [6, 6.07) is 1.10. The molecule has 0 aliphatic heterocycles. The van der Waals surface area contributed by atoms with Gasteiger partial charge >= 0.3 is 0 Å². The molecule has 22 heavy (non-hydrogen) atoms. The van der Waals surface area contributed by atoms with E-state index in [0.29, 0.717) is 17.5 Å². The zero-order valence-electron chi connectivity index (χ0n) is 15.0. The molecular formula is C20H35NO. The molecule has 0 amide bonds. The van der Waals surface area contributed by atoms with Crippen LogP contribution < -0.4 is 5.32 Å². The van der Waals surface area contributed by atoms with E-state index in [0.717, 1.165) is 31.1 Å². The molecule has 0 spiro atoms. The van der Waals surface area contributed by atoms with Crippen LogP contribution in [0.1, 0.15) is 79.1 Å². The average Bonchev–Trinajstić information content (AvgIpc) is 2.34. The molecule has 0 aromatic heterocycles. The smallest absolute Gasteiger partial charge is 0.0659 e. The lowest BCUT2D eigenvalue weighted by molar-refractivity contribution is -0.172. The first kappa shape index (κ1) is 16.5. The molecular weight excluding hydrogens is 270 g/mol. The molecule has 2 N–H and O–H groups in total. The summed E-state index contributed by atoms with van der Waals surface area (Å²) in [7, 11) is 0. The van der Waals surface area contributed by atoms with Gasteiger partial charge < -0.3 is 10.4 Å². The zero-order chi connectivity index (χ0) is 16.0. The minimum atomic E-state index is -0.328. The summed E-state index contributed by atoms with van der Waals surface area (Å²) in [6.07, 6.45) is 12.0. The van der Waals surface area contributed by atoms with E-state index in [4.69, 9.17) is 0 Å². The Labute approximate surface area is 136 Å². The van der Waals surface area contributed by atoms with E-state index in [-0.39, 0.29) is 5.60 Å². The van der Waals surface area contributed by atoms with Gasteiger partial charge in [0, 0.05) is 12.1 Å². The van der Waals surface area contributed by atoms with E-state index >= 15 is 0 Å². The SMILES string of the molecule is CC(C)=CCC[C@H](C)N[C@H](C)C12C[C@H]3C[C@@H](CC(O)(C3)C1)C2. The van der Waals surface area contributed by atoms with Gasteiger partial charge in [-0.05, 0) is 96.3 Å². The molecule has 4 bridgehead atoms. The molecule has 4 fully saturated rings. The highest BCUT2D eigenvalue weighted by Crippen LogP contribution is 2.62. The second kappa shape index (κ2) is 5.94. The topological polar surface area (TPSA) is 32.3 Å². The molecule has 0 aromatic carbocycles. The maximum Gasteiger partial charge on any atom is 0.0659 e. The summed E-state index contributed by atoms with van der Waals surface area (Å²) in [6.45, 7) is 9.06. The van der Waals surface area contributed by atoms with Crippen LogP contribution in [0.15, 0.2) is 11.6 Å². The number of allylic oxidation sites excluding steroid dienone is 2. The third-order valence-corrected chi connectivity index (χ3v) is 6.68. The van der Waals surface area contributed by atoms with Crippen LogP contribution in [-0.2, 0) is 0 Å². The van der Waals surface area contributed by atoms with Gasteiger partial charge in [0.1, 0.15) is 0 Å². The van der Waals surface area contributed by atoms with Crippen molar-refractivity contribution in [2.75, 3.05) is 0 Å².